The Morgan fingerprint density at radius 2 is 1.95 bits per heavy atom. The van der Waals surface area contributed by atoms with E-state index in [9.17, 15) is 9.59 Å². The number of rotatable bonds is 7. The number of hydrogen-bond acceptors (Lipinski definition) is 3. The van der Waals surface area contributed by atoms with Gasteiger partial charge >= 0.3 is 6.03 Å². The van der Waals surface area contributed by atoms with Crippen molar-refractivity contribution in [2.45, 2.75) is 44.6 Å². The fraction of sp³-hybridized carbons (Fsp3) is 0.600. The highest BCUT2D eigenvalue weighted by Gasteiger charge is 2.16. The summed E-state index contributed by atoms with van der Waals surface area (Å²) in [6, 6.07) is 4.19. The van der Waals surface area contributed by atoms with Crippen molar-refractivity contribution in [2.24, 2.45) is 0 Å². The van der Waals surface area contributed by atoms with E-state index in [0.29, 0.717) is 25.6 Å². The Bertz CT molecular complexity index is 442. The van der Waals surface area contributed by atoms with Crippen LogP contribution >= 0.6 is 11.3 Å². The first-order chi connectivity index (χ1) is 10.2. The predicted octanol–water partition coefficient (Wildman–Crippen LogP) is 2.04. The average molecular weight is 309 g/mol. The normalized spacial score (nSPS) is 14.9. The predicted molar refractivity (Wildman–Crippen MR) is 84.4 cm³/mol. The Balaban J connectivity index is 1.49. The van der Waals surface area contributed by atoms with Crippen LogP contribution in [0.2, 0.25) is 0 Å². The number of carbonyl (C=O) groups excluding carboxylic acids is 2. The van der Waals surface area contributed by atoms with Crippen molar-refractivity contribution in [3.8, 4) is 0 Å². The number of carbonyl (C=O) groups is 2. The van der Waals surface area contributed by atoms with E-state index in [0.717, 1.165) is 19.3 Å². The molecule has 1 aromatic heterocycles. The van der Waals surface area contributed by atoms with Crippen LogP contribution in [0.5, 0.6) is 0 Å². The van der Waals surface area contributed by atoms with Gasteiger partial charge in [0.15, 0.2) is 0 Å². The van der Waals surface area contributed by atoms with E-state index >= 15 is 0 Å². The van der Waals surface area contributed by atoms with Crippen molar-refractivity contribution in [1.29, 1.82) is 0 Å². The molecule has 1 aromatic rings. The van der Waals surface area contributed by atoms with Crippen LogP contribution in [0.4, 0.5) is 4.79 Å². The third-order valence-electron chi connectivity index (χ3n) is 3.59. The van der Waals surface area contributed by atoms with Gasteiger partial charge in [-0.05, 0) is 30.7 Å². The number of urea groups is 1. The topological polar surface area (TPSA) is 70.2 Å². The van der Waals surface area contributed by atoms with Crippen molar-refractivity contribution in [2.75, 3.05) is 13.1 Å². The lowest BCUT2D eigenvalue weighted by molar-refractivity contribution is -0.121. The summed E-state index contributed by atoms with van der Waals surface area (Å²) >= 11 is 1.69. The third-order valence-corrected chi connectivity index (χ3v) is 4.53. The Labute approximate surface area is 129 Å². The van der Waals surface area contributed by atoms with Crippen molar-refractivity contribution in [1.82, 2.24) is 16.0 Å². The molecule has 2 rings (SSSR count). The summed E-state index contributed by atoms with van der Waals surface area (Å²) in [7, 11) is 0. The summed E-state index contributed by atoms with van der Waals surface area (Å²) < 4.78 is 0. The van der Waals surface area contributed by atoms with Gasteiger partial charge in [0, 0.05) is 30.4 Å². The van der Waals surface area contributed by atoms with E-state index in [1.807, 2.05) is 11.4 Å². The zero-order chi connectivity index (χ0) is 14.9. The molecule has 0 atom stereocenters. The first kappa shape index (κ1) is 15.8. The van der Waals surface area contributed by atoms with Crippen molar-refractivity contribution in [3.05, 3.63) is 22.4 Å². The molecule has 1 heterocycles. The van der Waals surface area contributed by atoms with Gasteiger partial charge in [-0.1, -0.05) is 18.9 Å². The van der Waals surface area contributed by atoms with E-state index in [4.69, 9.17) is 0 Å². The van der Waals surface area contributed by atoms with Gasteiger partial charge in [-0.15, -0.1) is 11.3 Å². The maximum Gasteiger partial charge on any atom is 0.314 e. The SMILES string of the molecule is O=C(CCNC(=O)NCCc1cccs1)NC1CCCC1. The molecule has 3 N–H and O–H groups in total. The molecule has 1 fully saturated rings. The summed E-state index contributed by atoms with van der Waals surface area (Å²) in [4.78, 5) is 24.5. The summed E-state index contributed by atoms with van der Waals surface area (Å²) in [6.07, 6.45) is 5.76. The van der Waals surface area contributed by atoms with Crippen LogP contribution in [-0.2, 0) is 11.2 Å². The molecule has 0 aromatic carbocycles. The molecule has 3 amide bonds. The molecule has 1 aliphatic carbocycles. The monoisotopic (exact) mass is 309 g/mol. The molecule has 1 aliphatic rings. The molecule has 5 nitrogen and oxygen atoms in total. The lowest BCUT2D eigenvalue weighted by atomic mass is 10.2. The van der Waals surface area contributed by atoms with Gasteiger partial charge < -0.3 is 16.0 Å². The smallest absolute Gasteiger partial charge is 0.314 e. The van der Waals surface area contributed by atoms with Crippen molar-refractivity contribution in [3.63, 3.8) is 0 Å². The molecule has 116 valence electrons. The second-order valence-corrected chi connectivity index (χ2v) is 6.34. The van der Waals surface area contributed by atoms with Gasteiger partial charge in [-0.2, -0.15) is 0 Å². The highest BCUT2D eigenvalue weighted by atomic mass is 32.1. The number of nitrogens with one attached hydrogen (secondary N) is 3. The molecule has 0 spiro atoms. The van der Waals surface area contributed by atoms with E-state index in [1.54, 1.807) is 11.3 Å². The molecule has 21 heavy (non-hydrogen) atoms. The number of hydrogen-bond donors (Lipinski definition) is 3. The summed E-state index contributed by atoms with van der Waals surface area (Å²) in [5, 5.41) is 10.5. The largest absolute Gasteiger partial charge is 0.353 e. The zero-order valence-corrected chi connectivity index (χ0v) is 13.0. The van der Waals surface area contributed by atoms with E-state index in [2.05, 4.69) is 22.0 Å². The third kappa shape index (κ3) is 6.16. The lowest BCUT2D eigenvalue weighted by Crippen LogP contribution is -2.39. The van der Waals surface area contributed by atoms with Crippen molar-refractivity contribution < 1.29 is 9.59 Å². The van der Waals surface area contributed by atoms with Crippen LogP contribution < -0.4 is 16.0 Å². The van der Waals surface area contributed by atoms with E-state index in [-0.39, 0.29) is 11.9 Å². The van der Waals surface area contributed by atoms with Gasteiger partial charge in [0.05, 0.1) is 0 Å². The Kier molecular flexibility index (Phi) is 6.53. The van der Waals surface area contributed by atoms with Gasteiger partial charge in [0.1, 0.15) is 0 Å². The summed E-state index contributed by atoms with van der Waals surface area (Å²) in [5.74, 6) is 0.0285. The van der Waals surface area contributed by atoms with Crippen LogP contribution in [-0.4, -0.2) is 31.1 Å². The summed E-state index contributed by atoms with van der Waals surface area (Å²) in [6.45, 7) is 0.990. The zero-order valence-electron chi connectivity index (χ0n) is 12.2. The minimum absolute atomic E-state index is 0.0285. The molecule has 0 unspecified atom stereocenters. The molecule has 1 saturated carbocycles. The first-order valence-corrected chi connectivity index (χ1v) is 8.45. The Morgan fingerprint density at radius 3 is 2.67 bits per heavy atom. The highest BCUT2D eigenvalue weighted by molar-refractivity contribution is 7.09. The van der Waals surface area contributed by atoms with Gasteiger partial charge in [-0.25, -0.2) is 4.79 Å². The quantitative estimate of drug-likeness (QED) is 0.721. The molecule has 0 bridgehead atoms. The fourth-order valence-corrected chi connectivity index (χ4v) is 3.19. The minimum atomic E-state index is -0.208. The number of thiophene rings is 1. The maximum absolute atomic E-state index is 11.7. The molecule has 0 saturated heterocycles. The fourth-order valence-electron chi connectivity index (χ4n) is 2.48. The highest BCUT2D eigenvalue weighted by Crippen LogP contribution is 2.17. The van der Waals surface area contributed by atoms with Crippen LogP contribution in [0.1, 0.15) is 37.0 Å². The molecule has 0 aliphatic heterocycles. The summed E-state index contributed by atoms with van der Waals surface area (Å²) in [5.41, 5.74) is 0. The van der Waals surface area contributed by atoms with E-state index < -0.39 is 0 Å². The minimum Gasteiger partial charge on any atom is -0.353 e. The van der Waals surface area contributed by atoms with Gasteiger partial charge in [0.25, 0.3) is 0 Å². The molecule has 0 radical (unpaired) electrons. The average Bonchev–Trinajstić information content (AvgIpc) is 3.12. The Hall–Kier alpha value is -1.56. The first-order valence-electron chi connectivity index (χ1n) is 7.57. The maximum atomic E-state index is 11.7. The molecular formula is C15H23N3O2S. The second kappa shape index (κ2) is 8.67. The van der Waals surface area contributed by atoms with Crippen LogP contribution in [0.15, 0.2) is 17.5 Å². The molecular weight excluding hydrogens is 286 g/mol. The lowest BCUT2D eigenvalue weighted by Gasteiger charge is -2.12. The van der Waals surface area contributed by atoms with Gasteiger partial charge in [-0.3, -0.25) is 4.79 Å². The second-order valence-electron chi connectivity index (χ2n) is 5.31. The van der Waals surface area contributed by atoms with Crippen molar-refractivity contribution >= 4 is 23.3 Å². The van der Waals surface area contributed by atoms with Crippen LogP contribution in [0, 0.1) is 0 Å². The standard InChI is InChI=1S/C15H23N3O2S/c19-14(18-12-4-1-2-5-12)8-10-17-15(20)16-9-7-13-6-3-11-21-13/h3,6,11-12H,1-2,4-5,7-10H2,(H,18,19)(H2,16,17,20). The van der Waals surface area contributed by atoms with E-state index in [1.165, 1.54) is 17.7 Å². The van der Waals surface area contributed by atoms with Gasteiger partial charge in [0.2, 0.25) is 5.91 Å². The number of amides is 3. The van der Waals surface area contributed by atoms with Crippen LogP contribution in [0.25, 0.3) is 0 Å². The Morgan fingerprint density at radius 1 is 1.19 bits per heavy atom. The van der Waals surface area contributed by atoms with Crippen LogP contribution in [0.3, 0.4) is 0 Å². The molecule has 6 heteroatoms.